The van der Waals surface area contributed by atoms with Crippen molar-refractivity contribution in [2.24, 2.45) is 5.73 Å². The van der Waals surface area contributed by atoms with Gasteiger partial charge >= 0.3 is 6.09 Å². The smallest absolute Gasteiger partial charge is 0.407 e. The molecule has 1 fully saturated rings. The summed E-state index contributed by atoms with van der Waals surface area (Å²) in [5, 5.41) is 9.75. The van der Waals surface area contributed by atoms with E-state index >= 15 is 0 Å². The van der Waals surface area contributed by atoms with E-state index in [-0.39, 0.29) is 5.76 Å². The second kappa shape index (κ2) is 5.01. The Morgan fingerprint density at radius 2 is 1.86 bits per heavy atom. The molecule has 3 rings (SSSR count). The molecular weight excluding hydrogens is 274 g/mol. The van der Waals surface area contributed by atoms with E-state index in [1.54, 1.807) is 12.1 Å². The number of piperazine rings is 1. The maximum atomic E-state index is 11.1. The number of fused-ring (bicyclic) bond motifs is 1. The molecule has 0 spiro atoms. The molecule has 0 atom stereocenters. The summed E-state index contributed by atoms with van der Waals surface area (Å²) >= 11 is 0. The molecule has 1 aromatic carbocycles. The molecule has 1 saturated heterocycles. The van der Waals surface area contributed by atoms with E-state index in [9.17, 15) is 9.59 Å². The van der Waals surface area contributed by atoms with Crippen LogP contribution >= 0.6 is 0 Å². The Bertz CT molecular complexity index is 701. The number of carbonyl (C=O) groups excluding carboxylic acids is 1. The Kier molecular flexibility index (Phi) is 3.17. The van der Waals surface area contributed by atoms with Gasteiger partial charge in [-0.1, -0.05) is 0 Å². The van der Waals surface area contributed by atoms with Gasteiger partial charge in [0.05, 0.1) is 0 Å². The molecule has 0 radical (unpaired) electrons. The van der Waals surface area contributed by atoms with Crippen molar-refractivity contribution in [3.8, 4) is 0 Å². The second-order valence-corrected chi connectivity index (χ2v) is 4.95. The molecule has 2 aromatic rings. The molecule has 0 unspecified atom stereocenters. The van der Waals surface area contributed by atoms with Gasteiger partial charge in [-0.25, -0.2) is 4.79 Å². The Labute approximate surface area is 120 Å². The summed E-state index contributed by atoms with van der Waals surface area (Å²) < 4.78 is 5.34. The third-order valence-corrected chi connectivity index (χ3v) is 3.66. The van der Waals surface area contributed by atoms with E-state index in [2.05, 4.69) is 4.90 Å². The van der Waals surface area contributed by atoms with Gasteiger partial charge in [0, 0.05) is 37.3 Å². The number of carbonyl (C=O) groups is 2. The van der Waals surface area contributed by atoms with Gasteiger partial charge in [0.25, 0.3) is 5.91 Å². The summed E-state index contributed by atoms with van der Waals surface area (Å²) in [4.78, 5) is 25.5. The maximum absolute atomic E-state index is 11.1. The first-order valence-electron chi connectivity index (χ1n) is 6.61. The van der Waals surface area contributed by atoms with Crippen molar-refractivity contribution in [3.63, 3.8) is 0 Å². The minimum Gasteiger partial charge on any atom is -0.465 e. The van der Waals surface area contributed by atoms with Gasteiger partial charge in [-0.3, -0.25) is 4.79 Å². The van der Waals surface area contributed by atoms with Crippen LogP contribution in [0.15, 0.2) is 28.7 Å². The molecule has 0 saturated carbocycles. The molecule has 0 aliphatic carbocycles. The number of hydrogen-bond acceptors (Lipinski definition) is 4. The first kappa shape index (κ1) is 13.3. The van der Waals surface area contributed by atoms with Crippen LogP contribution in [0.3, 0.4) is 0 Å². The molecule has 3 N–H and O–H groups in total. The van der Waals surface area contributed by atoms with Crippen LogP contribution in [0.1, 0.15) is 10.6 Å². The lowest BCUT2D eigenvalue weighted by atomic mass is 10.2. The summed E-state index contributed by atoms with van der Waals surface area (Å²) in [5.74, 6) is -0.458. The lowest BCUT2D eigenvalue weighted by Crippen LogP contribution is -2.48. The normalized spacial score (nSPS) is 15.4. The number of nitrogens with two attached hydrogens (primary N) is 1. The summed E-state index contributed by atoms with van der Waals surface area (Å²) in [6.45, 7) is 2.23. The molecule has 1 aromatic heterocycles. The minimum atomic E-state index is -0.883. The van der Waals surface area contributed by atoms with Crippen LogP contribution in [0.5, 0.6) is 0 Å². The van der Waals surface area contributed by atoms with E-state index in [0.29, 0.717) is 31.8 Å². The number of amides is 2. The highest BCUT2D eigenvalue weighted by Crippen LogP contribution is 2.25. The van der Waals surface area contributed by atoms with E-state index < -0.39 is 12.0 Å². The van der Waals surface area contributed by atoms with Crippen molar-refractivity contribution in [2.75, 3.05) is 31.1 Å². The Morgan fingerprint density at radius 3 is 2.48 bits per heavy atom. The van der Waals surface area contributed by atoms with Crippen molar-refractivity contribution in [2.45, 2.75) is 0 Å². The molecule has 2 amide bonds. The summed E-state index contributed by atoms with van der Waals surface area (Å²) in [5.41, 5.74) is 6.78. The molecule has 2 heterocycles. The molecule has 1 aliphatic rings. The number of benzene rings is 1. The van der Waals surface area contributed by atoms with Gasteiger partial charge in [-0.2, -0.15) is 0 Å². The van der Waals surface area contributed by atoms with Crippen molar-refractivity contribution in [1.29, 1.82) is 0 Å². The molecular formula is C14H15N3O4. The zero-order chi connectivity index (χ0) is 15.0. The monoisotopic (exact) mass is 289 g/mol. The first-order chi connectivity index (χ1) is 10.0. The van der Waals surface area contributed by atoms with Gasteiger partial charge in [0.1, 0.15) is 5.58 Å². The summed E-state index contributed by atoms with van der Waals surface area (Å²) in [7, 11) is 0. The number of anilines is 1. The van der Waals surface area contributed by atoms with Crippen LogP contribution < -0.4 is 10.6 Å². The Morgan fingerprint density at radius 1 is 1.14 bits per heavy atom. The van der Waals surface area contributed by atoms with Crippen LogP contribution in [0.2, 0.25) is 0 Å². The fraction of sp³-hybridized carbons (Fsp3) is 0.286. The summed E-state index contributed by atoms with van der Waals surface area (Å²) in [6, 6.07) is 7.23. The maximum Gasteiger partial charge on any atom is 0.407 e. The minimum absolute atomic E-state index is 0.137. The van der Waals surface area contributed by atoms with Gasteiger partial charge in [-0.05, 0) is 24.3 Å². The highest BCUT2D eigenvalue weighted by atomic mass is 16.4. The van der Waals surface area contributed by atoms with E-state index in [0.717, 1.165) is 11.1 Å². The Balaban J connectivity index is 1.81. The molecule has 7 heteroatoms. The standard InChI is InChI=1S/C14H15N3O4/c15-13(18)12-8-9-7-10(1-2-11(9)21-12)16-3-5-17(6-4-16)14(19)20/h1-2,7-8H,3-6H2,(H2,15,18)(H,19,20). The zero-order valence-electron chi connectivity index (χ0n) is 11.3. The topological polar surface area (TPSA) is 100 Å². The fourth-order valence-electron chi connectivity index (χ4n) is 2.50. The number of nitrogens with zero attached hydrogens (tertiary/aromatic N) is 2. The average Bonchev–Trinajstić information content (AvgIpc) is 2.90. The number of furan rings is 1. The third-order valence-electron chi connectivity index (χ3n) is 3.66. The largest absolute Gasteiger partial charge is 0.465 e. The van der Waals surface area contributed by atoms with Crippen LogP contribution in [0.4, 0.5) is 10.5 Å². The average molecular weight is 289 g/mol. The van der Waals surface area contributed by atoms with Gasteiger partial charge < -0.3 is 25.1 Å². The van der Waals surface area contributed by atoms with E-state index in [1.165, 1.54) is 4.90 Å². The molecule has 21 heavy (non-hydrogen) atoms. The molecule has 1 aliphatic heterocycles. The van der Waals surface area contributed by atoms with Crippen LogP contribution in [-0.4, -0.2) is 48.2 Å². The zero-order valence-corrected chi connectivity index (χ0v) is 11.3. The molecule has 0 bridgehead atoms. The van der Waals surface area contributed by atoms with Crippen LogP contribution in [0.25, 0.3) is 11.0 Å². The molecule has 110 valence electrons. The highest BCUT2D eigenvalue weighted by molar-refractivity contribution is 5.95. The number of primary amides is 1. The lowest BCUT2D eigenvalue weighted by molar-refractivity contribution is 0.0976. The van der Waals surface area contributed by atoms with E-state index in [4.69, 9.17) is 15.3 Å². The van der Waals surface area contributed by atoms with Crippen molar-refractivity contribution in [3.05, 3.63) is 30.0 Å². The number of hydrogen-bond donors (Lipinski definition) is 2. The number of carboxylic acid groups (broad SMARTS) is 1. The third kappa shape index (κ3) is 2.49. The van der Waals surface area contributed by atoms with Gasteiger partial charge in [-0.15, -0.1) is 0 Å². The first-order valence-corrected chi connectivity index (χ1v) is 6.61. The fourth-order valence-corrected chi connectivity index (χ4v) is 2.50. The van der Waals surface area contributed by atoms with Gasteiger partial charge in [0.15, 0.2) is 5.76 Å². The van der Waals surface area contributed by atoms with E-state index in [1.807, 2.05) is 12.1 Å². The van der Waals surface area contributed by atoms with Crippen LogP contribution in [-0.2, 0) is 0 Å². The van der Waals surface area contributed by atoms with Crippen molar-refractivity contribution < 1.29 is 19.1 Å². The SMILES string of the molecule is NC(=O)c1cc2cc(N3CCN(C(=O)O)CC3)ccc2o1. The van der Waals surface area contributed by atoms with Crippen molar-refractivity contribution in [1.82, 2.24) is 4.90 Å². The molecule has 7 nitrogen and oxygen atoms in total. The summed E-state index contributed by atoms with van der Waals surface area (Å²) in [6.07, 6.45) is -0.883. The van der Waals surface area contributed by atoms with Crippen LogP contribution in [0, 0.1) is 0 Å². The second-order valence-electron chi connectivity index (χ2n) is 4.95. The highest BCUT2D eigenvalue weighted by Gasteiger charge is 2.21. The quantitative estimate of drug-likeness (QED) is 0.868. The van der Waals surface area contributed by atoms with Gasteiger partial charge in [0.2, 0.25) is 0 Å². The number of rotatable bonds is 2. The lowest BCUT2D eigenvalue weighted by Gasteiger charge is -2.34. The predicted molar refractivity (Wildman–Crippen MR) is 76.5 cm³/mol. The predicted octanol–water partition coefficient (Wildman–Crippen LogP) is 1.33. The van der Waals surface area contributed by atoms with Crippen molar-refractivity contribution >= 4 is 28.7 Å². The Hall–Kier alpha value is -2.70.